The molecular weight excluding hydrogens is 318 g/mol. The van der Waals surface area contributed by atoms with E-state index in [1.54, 1.807) is 13.0 Å². The largest absolute Gasteiger partial charge is 0.462 e. The summed E-state index contributed by atoms with van der Waals surface area (Å²) in [4.78, 5) is 32.4. The number of esters is 1. The van der Waals surface area contributed by atoms with Crippen LogP contribution >= 0.6 is 0 Å². The molecule has 132 valence electrons. The van der Waals surface area contributed by atoms with Crippen molar-refractivity contribution in [2.75, 3.05) is 24.6 Å². The monoisotopic (exact) mass is 341 g/mol. The fraction of sp³-hybridized carbons (Fsp3) is 0.421. The molecule has 0 atom stereocenters. The number of rotatable bonds is 5. The number of aromatic nitrogens is 2. The molecule has 2 aromatic heterocycles. The highest BCUT2D eigenvalue weighted by atomic mass is 16.5. The molecule has 0 amide bonds. The van der Waals surface area contributed by atoms with Crippen LogP contribution in [0.25, 0.3) is 11.0 Å². The molecule has 25 heavy (non-hydrogen) atoms. The topological polar surface area (TPSA) is 64.4 Å². The summed E-state index contributed by atoms with van der Waals surface area (Å²) in [5, 5.41) is 0.803. The average Bonchev–Trinajstić information content (AvgIpc) is 3.11. The zero-order valence-corrected chi connectivity index (χ0v) is 14.7. The molecule has 0 radical (unpaired) electrons. The summed E-state index contributed by atoms with van der Waals surface area (Å²) in [5.41, 5.74) is 1.79. The van der Waals surface area contributed by atoms with Crippen LogP contribution in [0.15, 0.2) is 29.6 Å². The van der Waals surface area contributed by atoms with Crippen LogP contribution in [0.1, 0.15) is 35.8 Å². The number of aryl methyl sites for hydroxylation is 1. The third-order valence-electron chi connectivity index (χ3n) is 4.43. The standard InChI is InChI=1S/C19H23N3O3/c1-4-10-22-17-14(9-8-13(3)20-17)16(21-11-6-7-12-21)15(18(22)23)19(24)25-5-2/h4,8-9H,1,5-7,10-12H2,2-3H3. The van der Waals surface area contributed by atoms with Crippen LogP contribution in [0, 0.1) is 6.92 Å². The van der Waals surface area contributed by atoms with Gasteiger partial charge in [-0.3, -0.25) is 9.36 Å². The van der Waals surface area contributed by atoms with E-state index >= 15 is 0 Å². The van der Waals surface area contributed by atoms with Crippen LogP contribution in [0.3, 0.4) is 0 Å². The lowest BCUT2D eigenvalue weighted by Crippen LogP contribution is -2.33. The third-order valence-corrected chi connectivity index (χ3v) is 4.43. The summed E-state index contributed by atoms with van der Waals surface area (Å²) in [6.07, 6.45) is 3.72. The van der Waals surface area contributed by atoms with Gasteiger partial charge in [-0.2, -0.15) is 0 Å². The second-order valence-corrected chi connectivity index (χ2v) is 6.17. The maximum atomic E-state index is 13.1. The maximum absolute atomic E-state index is 13.1. The molecule has 0 saturated carbocycles. The number of carbonyl (C=O) groups is 1. The number of fused-ring (bicyclic) bond motifs is 1. The molecule has 6 heteroatoms. The molecule has 3 heterocycles. The molecule has 0 aromatic carbocycles. The SMILES string of the molecule is C=CCn1c(=O)c(C(=O)OCC)c(N2CCCC2)c2ccc(C)nc21. The second-order valence-electron chi connectivity index (χ2n) is 6.17. The van der Waals surface area contributed by atoms with Crippen LogP contribution in [-0.4, -0.2) is 35.2 Å². The van der Waals surface area contributed by atoms with Crippen molar-refractivity contribution in [1.29, 1.82) is 0 Å². The summed E-state index contributed by atoms with van der Waals surface area (Å²) in [7, 11) is 0. The second kappa shape index (κ2) is 7.09. The first-order chi connectivity index (χ1) is 12.1. The van der Waals surface area contributed by atoms with Gasteiger partial charge in [0.1, 0.15) is 11.2 Å². The Morgan fingerprint density at radius 3 is 2.72 bits per heavy atom. The van der Waals surface area contributed by atoms with Gasteiger partial charge in [0.15, 0.2) is 0 Å². The minimum Gasteiger partial charge on any atom is -0.462 e. The highest BCUT2D eigenvalue weighted by Gasteiger charge is 2.28. The quantitative estimate of drug-likeness (QED) is 0.618. The van der Waals surface area contributed by atoms with E-state index in [4.69, 9.17) is 4.74 Å². The van der Waals surface area contributed by atoms with E-state index in [1.165, 1.54) is 4.57 Å². The third kappa shape index (κ3) is 3.04. The van der Waals surface area contributed by atoms with Gasteiger partial charge in [-0.1, -0.05) is 6.08 Å². The van der Waals surface area contributed by atoms with Gasteiger partial charge in [0.25, 0.3) is 5.56 Å². The molecule has 6 nitrogen and oxygen atoms in total. The van der Waals surface area contributed by atoms with E-state index in [9.17, 15) is 9.59 Å². The van der Waals surface area contributed by atoms with Crippen molar-refractivity contribution in [2.24, 2.45) is 0 Å². The van der Waals surface area contributed by atoms with Crippen LogP contribution in [-0.2, 0) is 11.3 Å². The van der Waals surface area contributed by atoms with Crippen molar-refractivity contribution in [3.05, 3.63) is 46.4 Å². The Kier molecular flexibility index (Phi) is 4.88. The summed E-state index contributed by atoms with van der Waals surface area (Å²) in [6, 6.07) is 3.84. The minimum absolute atomic E-state index is 0.101. The lowest BCUT2D eigenvalue weighted by molar-refractivity contribution is 0.0524. The predicted octanol–water partition coefficient (Wildman–Crippen LogP) is 2.67. The van der Waals surface area contributed by atoms with Crippen LogP contribution in [0.5, 0.6) is 0 Å². The number of pyridine rings is 2. The van der Waals surface area contributed by atoms with Crippen molar-refractivity contribution in [3.8, 4) is 0 Å². The molecule has 0 N–H and O–H groups in total. The fourth-order valence-corrected chi connectivity index (χ4v) is 3.36. The summed E-state index contributed by atoms with van der Waals surface area (Å²) < 4.78 is 6.69. The zero-order chi connectivity index (χ0) is 18.0. The van der Waals surface area contributed by atoms with E-state index in [0.717, 1.165) is 37.0 Å². The number of hydrogen-bond acceptors (Lipinski definition) is 5. The fourth-order valence-electron chi connectivity index (χ4n) is 3.36. The molecule has 2 aromatic rings. The molecule has 0 aliphatic carbocycles. The number of nitrogens with zero attached hydrogens (tertiary/aromatic N) is 3. The molecule has 1 aliphatic heterocycles. The highest BCUT2D eigenvalue weighted by Crippen LogP contribution is 2.31. The Hall–Kier alpha value is -2.63. The van der Waals surface area contributed by atoms with Gasteiger partial charge < -0.3 is 9.64 Å². The van der Waals surface area contributed by atoms with E-state index in [-0.39, 0.29) is 17.7 Å². The number of hydrogen-bond donors (Lipinski definition) is 0. The average molecular weight is 341 g/mol. The van der Waals surface area contributed by atoms with Gasteiger partial charge in [-0.25, -0.2) is 9.78 Å². The van der Waals surface area contributed by atoms with Gasteiger partial charge in [0, 0.05) is 30.7 Å². The van der Waals surface area contributed by atoms with E-state index < -0.39 is 5.97 Å². The van der Waals surface area contributed by atoms with Gasteiger partial charge >= 0.3 is 5.97 Å². The molecule has 1 aliphatic rings. The van der Waals surface area contributed by atoms with Crippen LogP contribution < -0.4 is 10.5 Å². The Morgan fingerprint density at radius 2 is 2.08 bits per heavy atom. The molecule has 1 fully saturated rings. The maximum Gasteiger partial charge on any atom is 0.345 e. The molecule has 0 bridgehead atoms. The zero-order valence-electron chi connectivity index (χ0n) is 14.7. The van der Waals surface area contributed by atoms with Crippen molar-refractivity contribution in [2.45, 2.75) is 33.2 Å². The molecule has 0 spiro atoms. The highest BCUT2D eigenvalue weighted by molar-refractivity contribution is 6.04. The van der Waals surface area contributed by atoms with Gasteiger partial charge in [-0.15, -0.1) is 6.58 Å². The van der Waals surface area contributed by atoms with Gasteiger partial charge in [0.2, 0.25) is 0 Å². The Labute approximate surface area is 146 Å². The van der Waals surface area contributed by atoms with Crippen molar-refractivity contribution < 1.29 is 9.53 Å². The Morgan fingerprint density at radius 1 is 1.36 bits per heavy atom. The Bertz CT molecular complexity index is 880. The van der Waals surface area contributed by atoms with Gasteiger partial charge in [-0.05, 0) is 38.8 Å². The summed E-state index contributed by atoms with van der Waals surface area (Å²) >= 11 is 0. The van der Waals surface area contributed by atoms with Crippen LogP contribution in [0.4, 0.5) is 5.69 Å². The van der Waals surface area contributed by atoms with Crippen molar-refractivity contribution in [1.82, 2.24) is 9.55 Å². The van der Waals surface area contributed by atoms with E-state index in [0.29, 0.717) is 17.9 Å². The first kappa shape index (κ1) is 17.2. The number of carbonyl (C=O) groups excluding carboxylic acids is 1. The predicted molar refractivity (Wildman–Crippen MR) is 98.3 cm³/mol. The molecule has 0 unspecified atom stereocenters. The molecule has 3 rings (SSSR count). The summed E-state index contributed by atoms with van der Waals surface area (Å²) in [6.45, 7) is 9.50. The van der Waals surface area contributed by atoms with E-state index in [2.05, 4.69) is 16.5 Å². The van der Waals surface area contributed by atoms with Gasteiger partial charge in [0.05, 0.1) is 12.3 Å². The number of ether oxygens (including phenoxy) is 1. The Balaban J connectivity index is 2.40. The lowest BCUT2D eigenvalue weighted by atomic mass is 10.1. The smallest absolute Gasteiger partial charge is 0.345 e. The van der Waals surface area contributed by atoms with E-state index in [1.807, 2.05) is 19.1 Å². The normalized spacial score (nSPS) is 14.1. The molecule has 1 saturated heterocycles. The first-order valence-electron chi connectivity index (χ1n) is 8.65. The number of allylic oxidation sites excluding steroid dienone is 1. The number of anilines is 1. The van der Waals surface area contributed by atoms with Crippen molar-refractivity contribution >= 4 is 22.7 Å². The molecular formula is C19H23N3O3. The lowest BCUT2D eigenvalue weighted by Gasteiger charge is -2.24. The van der Waals surface area contributed by atoms with Crippen molar-refractivity contribution in [3.63, 3.8) is 0 Å². The van der Waals surface area contributed by atoms with Crippen LogP contribution in [0.2, 0.25) is 0 Å². The summed E-state index contributed by atoms with van der Waals surface area (Å²) in [5.74, 6) is -0.574. The first-order valence-corrected chi connectivity index (χ1v) is 8.65. The minimum atomic E-state index is -0.574.